The molecule has 3 heterocycles. The summed E-state index contributed by atoms with van der Waals surface area (Å²) in [4.78, 5) is 13.0. The number of ketones is 1. The molecule has 0 unspecified atom stereocenters. The van der Waals surface area contributed by atoms with Crippen LogP contribution in [0.3, 0.4) is 0 Å². The highest BCUT2D eigenvalue weighted by Crippen LogP contribution is 2.55. The van der Waals surface area contributed by atoms with Gasteiger partial charge in [-0.15, -0.1) is 5.11 Å². The van der Waals surface area contributed by atoms with E-state index in [2.05, 4.69) is 36.3 Å². The number of rotatable bonds is 1. The van der Waals surface area contributed by atoms with Gasteiger partial charge in [-0.05, 0) is 24.7 Å². The molecule has 5 heteroatoms. The Labute approximate surface area is 130 Å². The Morgan fingerprint density at radius 3 is 2.91 bits per heavy atom. The maximum Gasteiger partial charge on any atom is 0.162 e. The molecule has 1 aliphatic carbocycles. The van der Waals surface area contributed by atoms with Crippen molar-refractivity contribution < 1.29 is 9.53 Å². The van der Waals surface area contributed by atoms with Gasteiger partial charge < -0.3 is 10.1 Å². The minimum Gasteiger partial charge on any atom is -0.377 e. The quantitative estimate of drug-likeness (QED) is 0.809. The average molecular weight is 301 g/mol. The van der Waals surface area contributed by atoms with Gasteiger partial charge in [-0.3, -0.25) is 4.79 Å². The third-order valence-electron chi connectivity index (χ3n) is 5.48. The molecule has 1 fully saturated rings. The smallest absolute Gasteiger partial charge is 0.162 e. The Hall–Kier alpha value is -1.49. The lowest BCUT2D eigenvalue weighted by atomic mass is 9.62. The molecule has 4 rings (SSSR count). The molecule has 22 heavy (non-hydrogen) atoms. The lowest BCUT2D eigenvalue weighted by Crippen LogP contribution is -2.44. The standard InChI is InChI=1S/C17H23N3O2/c1-4-10-5-17(9-22-10)11-8-18-20-15(11)19-12-6-16(2,3)7-13(21)14(12)17/h10,19H,4-9H2,1-3H3/t10-,17+/m1/s1. The van der Waals surface area contributed by atoms with Gasteiger partial charge in [-0.1, -0.05) is 20.8 Å². The monoisotopic (exact) mass is 301 g/mol. The molecule has 1 saturated heterocycles. The largest absolute Gasteiger partial charge is 0.377 e. The summed E-state index contributed by atoms with van der Waals surface area (Å²) in [7, 11) is 0. The number of Topliss-reactive ketones (excluding diaryl/α,β-unsaturated/α-hetero) is 1. The molecule has 4 aliphatic rings. The van der Waals surface area contributed by atoms with Crippen molar-refractivity contribution in [2.45, 2.75) is 52.6 Å². The van der Waals surface area contributed by atoms with Gasteiger partial charge >= 0.3 is 0 Å². The first kappa shape index (κ1) is 14.1. The van der Waals surface area contributed by atoms with Crippen LogP contribution >= 0.6 is 0 Å². The van der Waals surface area contributed by atoms with Gasteiger partial charge in [-0.25, -0.2) is 0 Å². The lowest BCUT2D eigenvalue weighted by Gasteiger charge is -2.43. The molecule has 3 aliphatic heterocycles. The van der Waals surface area contributed by atoms with Crippen LogP contribution in [0.1, 0.15) is 46.5 Å². The van der Waals surface area contributed by atoms with E-state index in [0.29, 0.717) is 19.6 Å². The van der Waals surface area contributed by atoms with Gasteiger partial charge in [0, 0.05) is 23.3 Å². The van der Waals surface area contributed by atoms with Gasteiger partial charge in [0.15, 0.2) is 11.6 Å². The van der Waals surface area contributed by atoms with Crippen LogP contribution in [0.15, 0.2) is 32.9 Å². The summed E-state index contributed by atoms with van der Waals surface area (Å²) in [6, 6.07) is 0. The van der Waals surface area contributed by atoms with E-state index in [1.807, 2.05) is 0 Å². The summed E-state index contributed by atoms with van der Waals surface area (Å²) in [6.07, 6.45) is 3.60. The second-order valence-corrected chi connectivity index (χ2v) is 7.77. The number of nitrogens with one attached hydrogen (secondary N) is 1. The number of dihydropyridines is 1. The number of allylic oxidation sites excluding steroid dienone is 1. The molecule has 2 atom stereocenters. The van der Waals surface area contributed by atoms with Crippen molar-refractivity contribution in [3.05, 3.63) is 22.7 Å². The molecule has 0 saturated carbocycles. The van der Waals surface area contributed by atoms with Crippen LogP contribution in [0, 0.1) is 10.8 Å². The highest BCUT2D eigenvalue weighted by atomic mass is 16.5. The van der Waals surface area contributed by atoms with Crippen molar-refractivity contribution in [3.8, 4) is 0 Å². The van der Waals surface area contributed by atoms with Crippen LogP contribution in [0.5, 0.6) is 0 Å². The molecule has 1 spiro atoms. The Morgan fingerprint density at radius 1 is 1.36 bits per heavy atom. The van der Waals surface area contributed by atoms with Crippen molar-refractivity contribution in [1.29, 1.82) is 0 Å². The molecule has 0 amide bonds. The van der Waals surface area contributed by atoms with Crippen LogP contribution < -0.4 is 5.32 Å². The molecule has 0 aromatic carbocycles. The molecule has 5 nitrogen and oxygen atoms in total. The molecule has 0 bridgehead atoms. The normalized spacial score (nSPS) is 36.0. The van der Waals surface area contributed by atoms with Crippen molar-refractivity contribution >= 4 is 5.78 Å². The van der Waals surface area contributed by atoms with E-state index in [1.165, 1.54) is 0 Å². The van der Waals surface area contributed by atoms with Crippen LogP contribution in [0.4, 0.5) is 0 Å². The van der Waals surface area contributed by atoms with Crippen LogP contribution in [0.25, 0.3) is 0 Å². The van der Waals surface area contributed by atoms with Crippen molar-refractivity contribution in [3.63, 3.8) is 0 Å². The summed E-state index contributed by atoms with van der Waals surface area (Å²) in [5.74, 6) is 1.14. The zero-order valence-electron chi connectivity index (χ0n) is 13.5. The van der Waals surface area contributed by atoms with Gasteiger partial charge in [0.05, 0.1) is 24.7 Å². The number of nitrogens with zero attached hydrogens (tertiary/aromatic N) is 2. The topological polar surface area (TPSA) is 63.1 Å². The van der Waals surface area contributed by atoms with Gasteiger partial charge in [0.1, 0.15) is 0 Å². The number of fused-ring (bicyclic) bond motifs is 2. The summed E-state index contributed by atoms with van der Waals surface area (Å²) < 4.78 is 6.02. The Morgan fingerprint density at radius 2 is 2.18 bits per heavy atom. The van der Waals surface area contributed by atoms with Gasteiger partial charge in [-0.2, -0.15) is 5.11 Å². The lowest BCUT2D eigenvalue weighted by molar-refractivity contribution is -0.119. The van der Waals surface area contributed by atoms with E-state index < -0.39 is 0 Å². The number of ether oxygens (including phenoxy) is 1. The first-order valence-electron chi connectivity index (χ1n) is 8.22. The van der Waals surface area contributed by atoms with E-state index in [0.717, 1.165) is 41.9 Å². The zero-order valence-corrected chi connectivity index (χ0v) is 13.5. The summed E-state index contributed by atoms with van der Waals surface area (Å²) >= 11 is 0. The third-order valence-corrected chi connectivity index (χ3v) is 5.48. The Bertz CT molecular complexity index is 644. The van der Waals surface area contributed by atoms with E-state index in [-0.39, 0.29) is 22.7 Å². The first-order chi connectivity index (χ1) is 10.5. The van der Waals surface area contributed by atoms with Crippen LogP contribution in [-0.4, -0.2) is 25.0 Å². The molecule has 0 radical (unpaired) electrons. The fourth-order valence-corrected chi connectivity index (χ4v) is 4.48. The third kappa shape index (κ3) is 1.84. The summed E-state index contributed by atoms with van der Waals surface area (Å²) in [6.45, 7) is 7.65. The minimum atomic E-state index is -0.284. The molecular formula is C17H23N3O2. The molecule has 1 N–H and O–H groups in total. The van der Waals surface area contributed by atoms with E-state index >= 15 is 0 Å². The predicted molar refractivity (Wildman–Crippen MR) is 82.0 cm³/mol. The zero-order chi connectivity index (χ0) is 15.5. The number of carbonyl (C=O) groups excluding carboxylic acids is 1. The predicted octanol–water partition coefficient (Wildman–Crippen LogP) is 3.10. The van der Waals surface area contributed by atoms with E-state index in [1.54, 1.807) is 0 Å². The van der Waals surface area contributed by atoms with E-state index in [9.17, 15) is 4.79 Å². The van der Waals surface area contributed by atoms with Gasteiger partial charge in [0.2, 0.25) is 0 Å². The van der Waals surface area contributed by atoms with Gasteiger partial charge in [0.25, 0.3) is 0 Å². The molecule has 0 aromatic heterocycles. The maximum absolute atomic E-state index is 13.0. The second-order valence-electron chi connectivity index (χ2n) is 7.77. The number of hydrogen-bond acceptors (Lipinski definition) is 5. The number of azo groups is 1. The molecular weight excluding hydrogens is 278 g/mol. The SMILES string of the molecule is CC[C@@H]1C[C@]2(CO1)C1=C(N=NC1)NC1=C2C(=O)CC(C)(C)C1. The van der Waals surface area contributed by atoms with Crippen LogP contribution in [0.2, 0.25) is 0 Å². The Balaban J connectivity index is 1.84. The van der Waals surface area contributed by atoms with Crippen molar-refractivity contribution in [1.82, 2.24) is 5.32 Å². The highest BCUT2D eigenvalue weighted by Gasteiger charge is 2.54. The first-order valence-corrected chi connectivity index (χ1v) is 8.22. The van der Waals surface area contributed by atoms with E-state index in [4.69, 9.17) is 4.74 Å². The highest BCUT2D eigenvalue weighted by molar-refractivity contribution is 6.00. The summed E-state index contributed by atoms with van der Waals surface area (Å²) in [5.41, 5.74) is 2.90. The minimum absolute atomic E-state index is 0.00152. The number of carbonyl (C=O) groups is 1. The summed E-state index contributed by atoms with van der Waals surface area (Å²) in [5, 5.41) is 11.9. The van der Waals surface area contributed by atoms with Crippen molar-refractivity contribution in [2.24, 2.45) is 21.1 Å². The number of hydrogen-bond donors (Lipinski definition) is 1. The van der Waals surface area contributed by atoms with Crippen molar-refractivity contribution in [2.75, 3.05) is 13.2 Å². The molecule has 118 valence electrons. The fourth-order valence-electron chi connectivity index (χ4n) is 4.48. The average Bonchev–Trinajstić information content (AvgIpc) is 3.04. The second kappa shape index (κ2) is 4.51. The fraction of sp³-hybridized carbons (Fsp3) is 0.706. The Kier molecular flexibility index (Phi) is 2.89. The van der Waals surface area contributed by atoms with Crippen LogP contribution in [-0.2, 0) is 9.53 Å². The maximum atomic E-state index is 13.0. The molecule has 0 aromatic rings.